The molecule has 0 aliphatic rings. The molecule has 9 heteroatoms. The standard InChI is InChI=1S/C28H26F3N3O3/c1-15-7-5-6-8-21(15)22-14-25(36)23(13-24(22)28(29,30)31)27-33-26(34-37-27)20-11-9-19(10-12-20)17(3)32-16(2)18(4)35/h5-14,16-17,32,35-36H,4H2,1-3H3/t16-,17-/m1/s1. The topological polar surface area (TPSA) is 91.4 Å². The lowest BCUT2D eigenvalue weighted by Gasteiger charge is -2.19. The Balaban J connectivity index is 1.66. The number of nitrogens with one attached hydrogen (secondary N) is 1. The van der Waals surface area contributed by atoms with Crippen LogP contribution in [0.15, 0.2) is 77.5 Å². The van der Waals surface area contributed by atoms with Gasteiger partial charge in [0, 0.05) is 11.6 Å². The molecule has 0 amide bonds. The monoisotopic (exact) mass is 509 g/mol. The van der Waals surface area contributed by atoms with Gasteiger partial charge in [-0.2, -0.15) is 18.2 Å². The van der Waals surface area contributed by atoms with Gasteiger partial charge in [0.15, 0.2) is 0 Å². The normalized spacial score (nSPS) is 13.4. The molecule has 0 saturated heterocycles. The van der Waals surface area contributed by atoms with E-state index in [0.717, 1.165) is 17.7 Å². The van der Waals surface area contributed by atoms with Crippen molar-refractivity contribution in [1.29, 1.82) is 0 Å². The summed E-state index contributed by atoms with van der Waals surface area (Å²) in [7, 11) is 0. The minimum Gasteiger partial charge on any atom is -0.511 e. The van der Waals surface area contributed by atoms with Crippen LogP contribution in [0.1, 0.15) is 36.6 Å². The molecule has 6 nitrogen and oxygen atoms in total. The van der Waals surface area contributed by atoms with E-state index >= 15 is 0 Å². The molecule has 0 aliphatic heterocycles. The second-order valence-corrected chi connectivity index (χ2v) is 8.87. The van der Waals surface area contributed by atoms with Crippen LogP contribution >= 0.6 is 0 Å². The number of rotatable bonds is 7. The number of nitrogens with zero attached hydrogens (tertiary/aromatic N) is 2. The molecule has 0 spiro atoms. The van der Waals surface area contributed by atoms with Gasteiger partial charge >= 0.3 is 6.18 Å². The zero-order chi connectivity index (χ0) is 26.9. The maximum atomic E-state index is 14.0. The third kappa shape index (κ3) is 5.51. The van der Waals surface area contributed by atoms with Crippen LogP contribution in [0.25, 0.3) is 34.0 Å². The van der Waals surface area contributed by atoms with Gasteiger partial charge < -0.3 is 20.1 Å². The Bertz CT molecular complexity index is 1430. The van der Waals surface area contributed by atoms with Gasteiger partial charge in [-0.15, -0.1) is 0 Å². The van der Waals surface area contributed by atoms with E-state index in [9.17, 15) is 23.4 Å². The second kappa shape index (κ2) is 10.1. The quantitative estimate of drug-likeness (QED) is 0.228. The Labute approximate surface area is 212 Å². The van der Waals surface area contributed by atoms with Gasteiger partial charge in [0.25, 0.3) is 5.89 Å². The highest BCUT2D eigenvalue weighted by molar-refractivity contribution is 5.78. The maximum absolute atomic E-state index is 14.0. The van der Waals surface area contributed by atoms with Crippen molar-refractivity contribution in [2.45, 2.75) is 39.0 Å². The van der Waals surface area contributed by atoms with Crippen molar-refractivity contribution in [2.24, 2.45) is 0 Å². The Kier molecular flexibility index (Phi) is 7.09. The average Bonchev–Trinajstić information content (AvgIpc) is 3.33. The first-order valence-electron chi connectivity index (χ1n) is 11.5. The summed E-state index contributed by atoms with van der Waals surface area (Å²) >= 11 is 0. The predicted octanol–water partition coefficient (Wildman–Crippen LogP) is 7.21. The third-order valence-electron chi connectivity index (χ3n) is 6.20. The number of aliphatic hydroxyl groups excluding tert-OH is 1. The Morgan fingerprint density at radius 3 is 2.30 bits per heavy atom. The van der Waals surface area contributed by atoms with Gasteiger partial charge in [0.05, 0.1) is 17.2 Å². The molecule has 4 rings (SSSR count). The summed E-state index contributed by atoms with van der Waals surface area (Å²) in [5, 5.41) is 27.3. The van der Waals surface area contributed by atoms with Crippen molar-refractivity contribution >= 4 is 0 Å². The number of aromatic nitrogens is 2. The molecule has 1 aromatic heterocycles. The fourth-order valence-electron chi connectivity index (χ4n) is 4.03. The molecule has 3 aromatic carbocycles. The first-order chi connectivity index (χ1) is 17.5. The average molecular weight is 510 g/mol. The van der Waals surface area contributed by atoms with Gasteiger partial charge in [-0.1, -0.05) is 60.3 Å². The van der Waals surface area contributed by atoms with Crippen LogP contribution in [0.4, 0.5) is 13.2 Å². The number of benzene rings is 3. The van der Waals surface area contributed by atoms with E-state index in [0.29, 0.717) is 16.7 Å². The van der Waals surface area contributed by atoms with Crippen LogP contribution in [0.5, 0.6) is 5.75 Å². The van der Waals surface area contributed by atoms with Crippen LogP contribution in [0.2, 0.25) is 0 Å². The lowest BCUT2D eigenvalue weighted by molar-refractivity contribution is -0.137. The number of phenolic OH excluding ortho intramolecular Hbond substituents is 1. The number of hydrogen-bond acceptors (Lipinski definition) is 6. The van der Waals surface area contributed by atoms with E-state index in [1.54, 1.807) is 50.2 Å². The summed E-state index contributed by atoms with van der Waals surface area (Å²) in [6, 6.07) is 15.4. The zero-order valence-electron chi connectivity index (χ0n) is 20.5. The smallest absolute Gasteiger partial charge is 0.417 e. The minimum atomic E-state index is -4.68. The van der Waals surface area contributed by atoms with Crippen molar-refractivity contribution in [2.75, 3.05) is 0 Å². The molecule has 37 heavy (non-hydrogen) atoms. The molecule has 0 unspecified atom stereocenters. The van der Waals surface area contributed by atoms with E-state index in [-0.39, 0.29) is 40.7 Å². The number of aryl methyl sites for hydroxylation is 1. The molecular weight excluding hydrogens is 483 g/mol. The fourth-order valence-corrected chi connectivity index (χ4v) is 4.03. The van der Waals surface area contributed by atoms with E-state index < -0.39 is 17.5 Å². The summed E-state index contributed by atoms with van der Waals surface area (Å²) < 4.78 is 47.3. The molecule has 3 N–H and O–H groups in total. The third-order valence-corrected chi connectivity index (χ3v) is 6.20. The highest BCUT2D eigenvalue weighted by atomic mass is 19.4. The van der Waals surface area contributed by atoms with Crippen molar-refractivity contribution in [3.63, 3.8) is 0 Å². The summed E-state index contributed by atoms with van der Waals surface area (Å²) in [4.78, 5) is 4.24. The lowest BCUT2D eigenvalue weighted by Crippen LogP contribution is -2.30. The van der Waals surface area contributed by atoms with Crippen LogP contribution in [0, 0.1) is 6.92 Å². The Hall–Kier alpha value is -4.11. The Morgan fingerprint density at radius 1 is 1.00 bits per heavy atom. The highest BCUT2D eigenvalue weighted by Gasteiger charge is 2.36. The van der Waals surface area contributed by atoms with Crippen LogP contribution in [-0.2, 0) is 6.18 Å². The molecular formula is C28H26F3N3O3. The predicted molar refractivity (Wildman–Crippen MR) is 135 cm³/mol. The van der Waals surface area contributed by atoms with Gasteiger partial charge in [-0.25, -0.2) is 0 Å². The molecule has 0 aliphatic carbocycles. The maximum Gasteiger partial charge on any atom is 0.417 e. The van der Waals surface area contributed by atoms with Crippen molar-refractivity contribution in [3.8, 4) is 39.7 Å². The second-order valence-electron chi connectivity index (χ2n) is 8.87. The van der Waals surface area contributed by atoms with E-state index in [1.165, 1.54) is 0 Å². The van der Waals surface area contributed by atoms with Crippen LogP contribution < -0.4 is 5.32 Å². The van der Waals surface area contributed by atoms with E-state index in [2.05, 4.69) is 22.0 Å². The van der Waals surface area contributed by atoms with Gasteiger partial charge in [-0.3, -0.25) is 0 Å². The van der Waals surface area contributed by atoms with Gasteiger partial charge in [0.1, 0.15) is 11.5 Å². The molecule has 192 valence electrons. The van der Waals surface area contributed by atoms with E-state index in [1.807, 2.05) is 19.1 Å². The van der Waals surface area contributed by atoms with Gasteiger partial charge in [-0.05, 0) is 55.2 Å². The molecule has 0 radical (unpaired) electrons. The fraction of sp³-hybridized carbons (Fsp3) is 0.214. The summed E-state index contributed by atoms with van der Waals surface area (Å²) in [6.07, 6.45) is -4.68. The minimum absolute atomic E-state index is 0.0339. The molecule has 1 heterocycles. The molecule has 4 aromatic rings. The highest BCUT2D eigenvalue weighted by Crippen LogP contribution is 2.44. The lowest BCUT2D eigenvalue weighted by atomic mass is 9.93. The first-order valence-corrected chi connectivity index (χ1v) is 11.5. The summed E-state index contributed by atoms with van der Waals surface area (Å²) in [5.41, 5.74) is 1.26. The van der Waals surface area contributed by atoms with Gasteiger partial charge in [0.2, 0.25) is 5.82 Å². The van der Waals surface area contributed by atoms with E-state index in [4.69, 9.17) is 4.52 Å². The van der Waals surface area contributed by atoms with Crippen LogP contribution in [0.3, 0.4) is 0 Å². The first kappa shape index (κ1) is 26.0. The van der Waals surface area contributed by atoms with Crippen LogP contribution in [-0.4, -0.2) is 26.4 Å². The van der Waals surface area contributed by atoms with Crippen molar-refractivity contribution in [1.82, 2.24) is 15.5 Å². The van der Waals surface area contributed by atoms with Crippen molar-refractivity contribution in [3.05, 3.63) is 89.7 Å². The number of aromatic hydroxyl groups is 1. The molecule has 2 atom stereocenters. The SMILES string of the molecule is C=C(O)[C@@H](C)N[C@H](C)c1ccc(-c2noc(-c3cc(C(F)(F)F)c(-c4ccccc4C)cc3O)n2)cc1. The molecule has 0 bridgehead atoms. The number of phenols is 1. The largest absolute Gasteiger partial charge is 0.511 e. The summed E-state index contributed by atoms with van der Waals surface area (Å²) in [6.45, 7) is 8.95. The Morgan fingerprint density at radius 2 is 1.68 bits per heavy atom. The summed E-state index contributed by atoms with van der Waals surface area (Å²) in [5.74, 6) is -0.443. The van der Waals surface area contributed by atoms with Crippen molar-refractivity contribution < 1.29 is 27.9 Å². The number of alkyl halides is 3. The number of hydrogen-bond donors (Lipinski definition) is 3. The number of aliphatic hydroxyl groups is 1. The molecule has 0 saturated carbocycles. The number of halogens is 3. The zero-order valence-corrected chi connectivity index (χ0v) is 20.5. The molecule has 0 fully saturated rings.